The molecule has 0 aliphatic heterocycles. The quantitative estimate of drug-likeness (QED) is 0.811. The molecular formula is C13H12Cl2N2. The zero-order valence-corrected chi connectivity index (χ0v) is 10.9. The van der Waals surface area contributed by atoms with Crippen molar-refractivity contribution in [1.29, 1.82) is 0 Å². The van der Waals surface area contributed by atoms with Gasteiger partial charge in [-0.1, -0.05) is 23.2 Å². The van der Waals surface area contributed by atoms with Crippen LogP contribution in [-0.4, -0.2) is 11.5 Å². The van der Waals surface area contributed by atoms with Gasteiger partial charge in [-0.25, -0.2) is 0 Å². The Morgan fingerprint density at radius 1 is 1.00 bits per heavy atom. The number of halogens is 2. The normalized spacial score (nSPS) is 10.3. The second kappa shape index (κ2) is 5.39. The molecular weight excluding hydrogens is 255 g/mol. The largest absolute Gasteiger partial charge is 0.342 e. The van der Waals surface area contributed by atoms with E-state index >= 15 is 0 Å². The van der Waals surface area contributed by atoms with Crippen molar-refractivity contribution in [2.45, 2.75) is 6.92 Å². The highest BCUT2D eigenvalue weighted by Crippen LogP contribution is 2.30. The molecule has 2 aromatic rings. The SMILES string of the molecule is CCN(c1ccncc1)c1ccc(Cl)c(Cl)c1. The number of hydrogen-bond acceptors (Lipinski definition) is 2. The monoisotopic (exact) mass is 266 g/mol. The van der Waals surface area contributed by atoms with E-state index in [1.54, 1.807) is 12.4 Å². The second-order valence-electron chi connectivity index (χ2n) is 3.55. The lowest BCUT2D eigenvalue weighted by atomic mass is 10.2. The number of pyridine rings is 1. The van der Waals surface area contributed by atoms with Crippen LogP contribution >= 0.6 is 23.2 Å². The molecule has 0 spiro atoms. The van der Waals surface area contributed by atoms with Crippen molar-refractivity contribution in [3.63, 3.8) is 0 Å². The Morgan fingerprint density at radius 2 is 1.71 bits per heavy atom. The number of hydrogen-bond donors (Lipinski definition) is 0. The Bertz CT molecular complexity index is 500. The molecule has 0 unspecified atom stereocenters. The lowest BCUT2D eigenvalue weighted by Crippen LogP contribution is -2.15. The molecule has 0 N–H and O–H groups in total. The highest BCUT2D eigenvalue weighted by molar-refractivity contribution is 6.42. The molecule has 1 aromatic heterocycles. The molecule has 0 saturated heterocycles. The fourth-order valence-electron chi connectivity index (χ4n) is 1.69. The maximum absolute atomic E-state index is 6.03. The molecule has 88 valence electrons. The number of nitrogens with zero attached hydrogens (tertiary/aromatic N) is 2. The summed E-state index contributed by atoms with van der Waals surface area (Å²) in [5.41, 5.74) is 2.11. The maximum Gasteiger partial charge on any atom is 0.0613 e. The van der Waals surface area contributed by atoms with Gasteiger partial charge in [-0.05, 0) is 37.3 Å². The molecule has 1 heterocycles. The number of rotatable bonds is 3. The molecule has 0 aliphatic carbocycles. The zero-order chi connectivity index (χ0) is 12.3. The van der Waals surface area contributed by atoms with Gasteiger partial charge in [0.15, 0.2) is 0 Å². The van der Waals surface area contributed by atoms with E-state index in [9.17, 15) is 0 Å². The van der Waals surface area contributed by atoms with Crippen molar-refractivity contribution >= 4 is 34.6 Å². The molecule has 0 saturated carbocycles. The summed E-state index contributed by atoms with van der Waals surface area (Å²) in [6.07, 6.45) is 3.55. The summed E-state index contributed by atoms with van der Waals surface area (Å²) < 4.78 is 0. The van der Waals surface area contributed by atoms with Crippen LogP contribution in [0.1, 0.15) is 6.92 Å². The number of aromatic nitrogens is 1. The third-order valence-electron chi connectivity index (χ3n) is 2.51. The molecule has 0 aliphatic rings. The van der Waals surface area contributed by atoms with Gasteiger partial charge in [0.2, 0.25) is 0 Å². The molecule has 2 nitrogen and oxygen atoms in total. The van der Waals surface area contributed by atoms with Crippen LogP contribution in [0.3, 0.4) is 0 Å². The summed E-state index contributed by atoms with van der Waals surface area (Å²) in [5.74, 6) is 0. The van der Waals surface area contributed by atoms with E-state index in [2.05, 4.69) is 16.8 Å². The maximum atomic E-state index is 6.03. The first-order valence-electron chi connectivity index (χ1n) is 5.35. The molecule has 0 radical (unpaired) electrons. The van der Waals surface area contributed by atoms with E-state index < -0.39 is 0 Å². The van der Waals surface area contributed by atoms with Gasteiger partial charge in [0.1, 0.15) is 0 Å². The van der Waals surface area contributed by atoms with Crippen LogP contribution in [0, 0.1) is 0 Å². The van der Waals surface area contributed by atoms with Crippen molar-refractivity contribution in [1.82, 2.24) is 4.98 Å². The summed E-state index contributed by atoms with van der Waals surface area (Å²) in [6, 6.07) is 9.56. The summed E-state index contributed by atoms with van der Waals surface area (Å²) in [6.45, 7) is 2.94. The Hall–Kier alpha value is -1.25. The van der Waals surface area contributed by atoms with Crippen LogP contribution in [0.4, 0.5) is 11.4 Å². The van der Waals surface area contributed by atoms with Gasteiger partial charge in [0.25, 0.3) is 0 Å². The topological polar surface area (TPSA) is 16.1 Å². The summed E-state index contributed by atoms with van der Waals surface area (Å²) in [7, 11) is 0. The predicted molar refractivity (Wildman–Crippen MR) is 73.4 cm³/mol. The first-order chi connectivity index (χ1) is 8.22. The van der Waals surface area contributed by atoms with Crippen molar-refractivity contribution in [2.75, 3.05) is 11.4 Å². The molecule has 0 bridgehead atoms. The minimum absolute atomic E-state index is 0.566. The predicted octanol–water partition coefficient (Wildman–Crippen LogP) is 4.55. The number of benzene rings is 1. The van der Waals surface area contributed by atoms with Gasteiger partial charge in [-0.2, -0.15) is 0 Å². The van der Waals surface area contributed by atoms with Gasteiger partial charge in [-0.3, -0.25) is 4.98 Å². The van der Waals surface area contributed by atoms with Crippen molar-refractivity contribution in [3.8, 4) is 0 Å². The van der Waals surface area contributed by atoms with Crippen LogP contribution in [0.2, 0.25) is 10.0 Å². The lowest BCUT2D eigenvalue weighted by molar-refractivity contribution is 1.02. The number of anilines is 2. The third-order valence-corrected chi connectivity index (χ3v) is 3.24. The molecule has 0 atom stereocenters. The van der Waals surface area contributed by atoms with E-state index in [0.717, 1.165) is 17.9 Å². The van der Waals surface area contributed by atoms with Crippen LogP contribution in [0.25, 0.3) is 0 Å². The van der Waals surface area contributed by atoms with Crippen LogP contribution in [0.15, 0.2) is 42.7 Å². The molecule has 17 heavy (non-hydrogen) atoms. The Morgan fingerprint density at radius 3 is 2.29 bits per heavy atom. The highest BCUT2D eigenvalue weighted by atomic mass is 35.5. The second-order valence-corrected chi connectivity index (χ2v) is 4.36. The molecule has 2 rings (SSSR count). The van der Waals surface area contributed by atoms with E-state index in [1.165, 1.54) is 0 Å². The van der Waals surface area contributed by atoms with E-state index in [0.29, 0.717) is 10.0 Å². The lowest BCUT2D eigenvalue weighted by Gasteiger charge is -2.23. The fraction of sp³-hybridized carbons (Fsp3) is 0.154. The van der Waals surface area contributed by atoms with E-state index in [4.69, 9.17) is 23.2 Å². The molecule has 1 aromatic carbocycles. The van der Waals surface area contributed by atoms with Gasteiger partial charge in [0, 0.05) is 30.3 Å². The highest BCUT2D eigenvalue weighted by Gasteiger charge is 2.08. The summed E-state index contributed by atoms with van der Waals surface area (Å²) >= 11 is 11.9. The van der Waals surface area contributed by atoms with E-state index in [-0.39, 0.29) is 0 Å². The van der Waals surface area contributed by atoms with Gasteiger partial charge in [-0.15, -0.1) is 0 Å². The minimum atomic E-state index is 0.566. The summed E-state index contributed by atoms with van der Waals surface area (Å²) in [5, 5.41) is 1.14. The average molecular weight is 267 g/mol. The Kier molecular flexibility index (Phi) is 3.87. The minimum Gasteiger partial charge on any atom is -0.342 e. The van der Waals surface area contributed by atoms with Crippen molar-refractivity contribution < 1.29 is 0 Å². The summed E-state index contributed by atoms with van der Waals surface area (Å²) in [4.78, 5) is 6.16. The Balaban J connectivity index is 2.39. The van der Waals surface area contributed by atoms with E-state index in [1.807, 2.05) is 30.3 Å². The zero-order valence-electron chi connectivity index (χ0n) is 9.40. The van der Waals surface area contributed by atoms with Gasteiger partial charge in [0.05, 0.1) is 10.0 Å². The first kappa shape index (κ1) is 12.2. The first-order valence-corrected chi connectivity index (χ1v) is 6.10. The van der Waals surface area contributed by atoms with Crippen molar-refractivity contribution in [3.05, 3.63) is 52.8 Å². The average Bonchev–Trinajstić information content (AvgIpc) is 2.36. The van der Waals surface area contributed by atoms with Crippen molar-refractivity contribution in [2.24, 2.45) is 0 Å². The fourth-order valence-corrected chi connectivity index (χ4v) is 1.98. The van der Waals surface area contributed by atoms with Crippen LogP contribution < -0.4 is 4.90 Å². The van der Waals surface area contributed by atoms with Crippen LogP contribution in [-0.2, 0) is 0 Å². The smallest absolute Gasteiger partial charge is 0.0613 e. The molecule has 0 amide bonds. The van der Waals surface area contributed by atoms with Gasteiger partial charge >= 0.3 is 0 Å². The van der Waals surface area contributed by atoms with Crippen LogP contribution in [0.5, 0.6) is 0 Å². The molecule has 4 heteroatoms. The molecule has 0 fully saturated rings. The Labute approximate surface area is 111 Å². The third kappa shape index (κ3) is 2.71. The standard InChI is InChI=1S/C13H12Cl2N2/c1-2-17(10-5-7-16-8-6-10)11-3-4-12(14)13(15)9-11/h3-9H,2H2,1H3. The van der Waals surface area contributed by atoms with Gasteiger partial charge < -0.3 is 4.90 Å².